The summed E-state index contributed by atoms with van der Waals surface area (Å²) in [6.07, 6.45) is -4.56. The van der Waals surface area contributed by atoms with Crippen LogP contribution in [0.15, 0.2) is 24.3 Å². The third-order valence-electron chi connectivity index (χ3n) is 2.61. The fraction of sp³-hybridized carbons (Fsp3) is 0.167. The molecule has 1 aromatic heterocycles. The van der Waals surface area contributed by atoms with Crippen LogP contribution < -0.4 is 5.32 Å². The predicted molar refractivity (Wildman–Crippen MR) is 72.9 cm³/mol. The molecule has 6 nitrogen and oxygen atoms in total. The maximum Gasteiger partial charge on any atom is 0.416 e. The molecule has 0 radical (unpaired) electrons. The summed E-state index contributed by atoms with van der Waals surface area (Å²) in [5, 5.41) is 12.6. The predicted octanol–water partition coefficient (Wildman–Crippen LogP) is 3.63. The SMILES string of the molecule is Cc1nc(NC(=O)c2cccc(C(F)(F)F)c2)sc1[N+](=O)[O-]. The molecule has 1 amide bonds. The van der Waals surface area contributed by atoms with Crippen LogP contribution in [0.3, 0.4) is 0 Å². The molecule has 0 aliphatic carbocycles. The molecule has 2 rings (SSSR count). The van der Waals surface area contributed by atoms with Crippen LogP contribution in [0.4, 0.5) is 23.3 Å². The van der Waals surface area contributed by atoms with Crippen LogP contribution in [0.2, 0.25) is 0 Å². The third kappa shape index (κ3) is 3.39. The van der Waals surface area contributed by atoms with Gasteiger partial charge in [-0.3, -0.25) is 20.2 Å². The normalized spacial score (nSPS) is 11.3. The van der Waals surface area contributed by atoms with E-state index in [1.54, 1.807) is 0 Å². The van der Waals surface area contributed by atoms with Gasteiger partial charge < -0.3 is 0 Å². The lowest BCUT2D eigenvalue weighted by atomic mass is 10.1. The van der Waals surface area contributed by atoms with Crippen molar-refractivity contribution in [1.82, 2.24) is 4.98 Å². The van der Waals surface area contributed by atoms with E-state index in [1.807, 2.05) is 0 Å². The molecular formula is C12H8F3N3O3S. The Morgan fingerprint density at radius 2 is 2.09 bits per heavy atom. The van der Waals surface area contributed by atoms with Gasteiger partial charge in [0.05, 0.1) is 10.5 Å². The zero-order chi connectivity index (χ0) is 16.5. The molecule has 1 heterocycles. The standard InChI is InChI=1S/C12H8F3N3O3S/c1-6-10(18(20)21)22-11(16-6)17-9(19)7-3-2-4-8(5-7)12(13,14)15/h2-5H,1H3,(H,16,17,19). The second-order valence-corrected chi connectivity index (χ2v) is 5.18. The van der Waals surface area contributed by atoms with E-state index in [4.69, 9.17) is 0 Å². The molecule has 10 heteroatoms. The number of carbonyl (C=O) groups is 1. The van der Waals surface area contributed by atoms with Crippen molar-refractivity contribution in [2.45, 2.75) is 13.1 Å². The number of nitro groups is 1. The summed E-state index contributed by atoms with van der Waals surface area (Å²) in [7, 11) is 0. The number of benzene rings is 1. The smallest absolute Gasteiger partial charge is 0.298 e. The molecule has 22 heavy (non-hydrogen) atoms. The summed E-state index contributed by atoms with van der Waals surface area (Å²) in [5.41, 5.74) is -1.05. The highest BCUT2D eigenvalue weighted by molar-refractivity contribution is 7.19. The average molecular weight is 331 g/mol. The summed E-state index contributed by atoms with van der Waals surface area (Å²) < 4.78 is 37.8. The number of nitrogens with one attached hydrogen (secondary N) is 1. The summed E-state index contributed by atoms with van der Waals surface area (Å²) in [6, 6.07) is 3.85. The van der Waals surface area contributed by atoms with Gasteiger partial charge in [-0.2, -0.15) is 13.2 Å². The van der Waals surface area contributed by atoms with Gasteiger partial charge in [-0.25, -0.2) is 4.98 Å². The number of amides is 1. The highest BCUT2D eigenvalue weighted by Crippen LogP contribution is 2.31. The van der Waals surface area contributed by atoms with Crippen LogP contribution in [0.25, 0.3) is 0 Å². The van der Waals surface area contributed by atoms with Crippen LogP contribution in [-0.4, -0.2) is 15.8 Å². The first-order chi connectivity index (χ1) is 10.2. The zero-order valence-corrected chi connectivity index (χ0v) is 11.8. The van der Waals surface area contributed by atoms with E-state index < -0.39 is 22.6 Å². The molecule has 0 saturated carbocycles. The molecule has 0 atom stereocenters. The van der Waals surface area contributed by atoms with Crippen molar-refractivity contribution >= 4 is 27.4 Å². The first kappa shape index (κ1) is 15.9. The number of aromatic nitrogens is 1. The number of anilines is 1. The van der Waals surface area contributed by atoms with E-state index in [0.29, 0.717) is 17.4 Å². The van der Waals surface area contributed by atoms with Crippen molar-refractivity contribution in [3.8, 4) is 0 Å². The maximum atomic E-state index is 12.6. The number of halogens is 3. The van der Waals surface area contributed by atoms with Crippen molar-refractivity contribution < 1.29 is 22.9 Å². The Labute approximate surface area is 125 Å². The molecule has 0 aliphatic rings. The number of rotatable bonds is 3. The van der Waals surface area contributed by atoms with Crippen LogP contribution in [0.1, 0.15) is 21.6 Å². The van der Waals surface area contributed by atoms with E-state index in [9.17, 15) is 28.1 Å². The van der Waals surface area contributed by atoms with Crippen molar-refractivity contribution in [1.29, 1.82) is 0 Å². The van der Waals surface area contributed by atoms with Gasteiger partial charge in [0.1, 0.15) is 5.69 Å². The molecule has 116 valence electrons. The molecule has 0 aliphatic heterocycles. The number of alkyl halides is 3. The lowest BCUT2D eigenvalue weighted by Gasteiger charge is -2.08. The molecule has 1 N–H and O–H groups in total. The Morgan fingerprint density at radius 3 is 2.64 bits per heavy atom. The van der Waals surface area contributed by atoms with Crippen LogP contribution in [0, 0.1) is 17.0 Å². The van der Waals surface area contributed by atoms with E-state index >= 15 is 0 Å². The van der Waals surface area contributed by atoms with E-state index in [2.05, 4.69) is 10.3 Å². The fourth-order valence-corrected chi connectivity index (χ4v) is 2.39. The second kappa shape index (κ2) is 5.72. The van der Waals surface area contributed by atoms with Crippen LogP contribution in [0.5, 0.6) is 0 Å². The van der Waals surface area contributed by atoms with E-state index in [1.165, 1.54) is 13.0 Å². The molecular weight excluding hydrogens is 323 g/mol. The number of carbonyl (C=O) groups excluding carboxylic acids is 1. The largest absolute Gasteiger partial charge is 0.416 e. The first-order valence-electron chi connectivity index (χ1n) is 5.79. The second-order valence-electron chi connectivity index (χ2n) is 4.20. The van der Waals surface area contributed by atoms with Crippen molar-refractivity contribution in [3.63, 3.8) is 0 Å². The number of nitrogens with zero attached hydrogens (tertiary/aromatic N) is 2. The Kier molecular flexibility index (Phi) is 4.13. The summed E-state index contributed by atoms with van der Waals surface area (Å²) in [5.74, 6) is -0.824. The molecule has 0 spiro atoms. The van der Waals surface area contributed by atoms with Gasteiger partial charge in [0.15, 0.2) is 5.13 Å². The van der Waals surface area contributed by atoms with Gasteiger partial charge in [-0.05, 0) is 36.5 Å². The lowest BCUT2D eigenvalue weighted by molar-refractivity contribution is -0.380. The first-order valence-corrected chi connectivity index (χ1v) is 6.60. The van der Waals surface area contributed by atoms with Gasteiger partial charge in [0.2, 0.25) is 0 Å². The quantitative estimate of drug-likeness (QED) is 0.687. The number of hydrogen-bond donors (Lipinski definition) is 1. The Bertz CT molecular complexity index is 743. The van der Waals surface area contributed by atoms with Crippen molar-refractivity contribution in [2.24, 2.45) is 0 Å². The fourth-order valence-electron chi connectivity index (χ4n) is 1.62. The highest BCUT2D eigenvalue weighted by Gasteiger charge is 2.31. The maximum absolute atomic E-state index is 12.6. The molecule has 0 unspecified atom stereocenters. The van der Waals surface area contributed by atoms with Crippen molar-refractivity contribution in [3.05, 3.63) is 51.2 Å². The average Bonchev–Trinajstić information content (AvgIpc) is 2.79. The number of aryl methyl sites for hydroxylation is 1. The van der Waals surface area contributed by atoms with Gasteiger partial charge in [-0.1, -0.05) is 6.07 Å². The molecule has 0 saturated heterocycles. The minimum atomic E-state index is -4.56. The van der Waals surface area contributed by atoms with Gasteiger partial charge >= 0.3 is 11.2 Å². The Hall–Kier alpha value is -2.49. The number of hydrogen-bond acceptors (Lipinski definition) is 5. The molecule has 1 aromatic carbocycles. The topological polar surface area (TPSA) is 85.1 Å². The molecule has 2 aromatic rings. The monoisotopic (exact) mass is 331 g/mol. The third-order valence-corrected chi connectivity index (χ3v) is 3.64. The summed E-state index contributed by atoms with van der Waals surface area (Å²) >= 11 is 0.636. The highest BCUT2D eigenvalue weighted by atomic mass is 32.1. The lowest BCUT2D eigenvalue weighted by Crippen LogP contribution is -2.13. The Morgan fingerprint density at radius 1 is 1.41 bits per heavy atom. The van der Waals surface area contributed by atoms with Crippen LogP contribution >= 0.6 is 11.3 Å². The summed E-state index contributed by atoms with van der Waals surface area (Å²) in [6.45, 7) is 1.40. The zero-order valence-electron chi connectivity index (χ0n) is 11.0. The van der Waals surface area contributed by atoms with Crippen molar-refractivity contribution in [2.75, 3.05) is 5.32 Å². The van der Waals surface area contributed by atoms with Gasteiger partial charge in [-0.15, -0.1) is 0 Å². The van der Waals surface area contributed by atoms with Gasteiger partial charge in [0, 0.05) is 5.56 Å². The Balaban J connectivity index is 2.23. The minimum absolute atomic E-state index is 0.0494. The van der Waals surface area contributed by atoms with E-state index in [-0.39, 0.29) is 21.4 Å². The van der Waals surface area contributed by atoms with Gasteiger partial charge in [0.25, 0.3) is 5.91 Å². The summed E-state index contributed by atoms with van der Waals surface area (Å²) in [4.78, 5) is 25.7. The number of thiazole rings is 1. The van der Waals surface area contributed by atoms with Crippen LogP contribution in [-0.2, 0) is 6.18 Å². The minimum Gasteiger partial charge on any atom is -0.298 e. The molecule has 0 bridgehead atoms. The molecule has 0 fully saturated rings. The van der Waals surface area contributed by atoms with E-state index in [0.717, 1.165) is 12.1 Å².